The molecule has 0 unspecified atom stereocenters. The molecule has 6 aromatic rings. The van der Waals surface area contributed by atoms with Crippen LogP contribution in [0, 0.1) is 0 Å². The van der Waals surface area contributed by atoms with E-state index in [0.717, 1.165) is 12.8 Å². The maximum Gasteiger partial charge on any atom is 2.00 e. The molecule has 0 saturated heterocycles. The number of ether oxygens (including phenoxy) is 2. The summed E-state index contributed by atoms with van der Waals surface area (Å²) in [5.74, 6) is -3.04. The van der Waals surface area contributed by atoms with Gasteiger partial charge < -0.3 is 49.9 Å². The molecule has 2 heterocycles. The fourth-order valence-electron chi connectivity index (χ4n) is 3.60. The minimum Gasteiger partial charge on any atom is -0.872 e. The molecule has 67 heavy (non-hydrogen) atoms. The van der Waals surface area contributed by atoms with Gasteiger partial charge in [-0.2, -0.15) is 20.4 Å². The molecule has 0 fully saturated rings. The molecule has 0 aliphatic rings. The van der Waals surface area contributed by atoms with Gasteiger partial charge >= 0.3 is 49.5 Å². The van der Waals surface area contributed by atoms with Crippen LogP contribution in [-0.4, -0.2) is 97.6 Å². The third kappa shape index (κ3) is 33.8. The van der Waals surface area contributed by atoms with E-state index in [0.29, 0.717) is 11.5 Å². The maximum atomic E-state index is 11.6. The predicted molar refractivity (Wildman–Crippen MR) is 232 cm³/mol. The average molecular weight is 1050 g/mol. The van der Waals surface area contributed by atoms with E-state index in [1.165, 1.54) is 58.3 Å². The van der Waals surface area contributed by atoms with Gasteiger partial charge in [-0.3, -0.25) is 19.6 Å². The molecule has 6 rings (SSSR count). The van der Waals surface area contributed by atoms with Gasteiger partial charge in [0.1, 0.15) is 24.7 Å². The molecule has 18 nitrogen and oxygen atoms in total. The third-order valence-electron chi connectivity index (χ3n) is 6.51. The van der Waals surface area contributed by atoms with Gasteiger partial charge in [0, 0.05) is 76.6 Å². The Morgan fingerprint density at radius 1 is 0.463 bits per heavy atom. The molecule has 2 amide bonds. The van der Waals surface area contributed by atoms with Crippen molar-refractivity contribution in [3.63, 3.8) is 0 Å². The normalized spacial score (nSPS) is 10.1. The van der Waals surface area contributed by atoms with Crippen LogP contribution in [0.1, 0.15) is 11.1 Å². The Morgan fingerprint density at radius 2 is 0.731 bits per heavy atom. The first kappa shape index (κ1) is 64.0. The summed E-state index contributed by atoms with van der Waals surface area (Å²) in [6.45, 7) is -0.667. The Balaban J connectivity index is -0.000000821. The number of rotatable bonds is 12. The van der Waals surface area contributed by atoms with E-state index in [2.05, 4.69) is 30.4 Å². The quantitative estimate of drug-likeness (QED) is 0.0542. The zero-order chi connectivity index (χ0) is 47.2. The SMILES string of the molecule is CN(C)C=O.CN(C)C=O.[Ni+2].[Ni+2].[Ni+2].[O-]/C(COc1ccccc1)=N\N=C(/[O-])c1ccccc1[O-].[O-]/C(COc1ccccc1)=N\N=C(/[O-])c1ccccc1[O-].c1ccncc1.c1ccncc1. The fraction of sp³-hybridized carbons (Fsp3) is 0.130. The minimum atomic E-state index is -0.853. The van der Waals surface area contributed by atoms with Crippen LogP contribution in [0.25, 0.3) is 0 Å². The van der Waals surface area contributed by atoms with Crippen LogP contribution in [-0.2, 0) is 59.1 Å². The molecule has 0 N–H and O–H groups in total. The second kappa shape index (κ2) is 41.4. The van der Waals surface area contributed by atoms with Gasteiger partial charge in [0.25, 0.3) is 0 Å². The zero-order valence-electron chi connectivity index (χ0n) is 36.3. The standard InChI is InChI=1S/2C15H14N2O4.2C5H5N.2C3H7NO.3Ni/c2*18-13-9-5-4-8-12(13)15(20)17-16-14(19)10-21-11-6-2-1-3-7-11;2*1-2-4-6-5-3-1;2*1-4(2)3-5;;;/h2*1-9,18H,10H2,(H,16,19)(H,17,20);2*1-5H;2*3H,1-2H3;;;/q;;;;;;3*+2/p-6. The van der Waals surface area contributed by atoms with Gasteiger partial charge in [-0.05, 0) is 59.7 Å². The van der Waals surface area contributed by atoms with Crippen molar-refractivity contribution in [3.05, 3.63) is 182 Å². The van der Waals surface area contributed by atoms with Crippen LogP contribution < -0.4 is 40.1 Å². The van der Waals surface area contributed by atoms with Crippen molar-refractivity contribution in [3.8, 4) is 23.0 Å². The van der Waals surface area contributed by atoms with Gasteiger partial charge in [0.2, 0.25) is 12.8 Å². The molecule has 0 aliphatic carbocycles. The molecular weight excluding hydrogens is 1000 g/mol. The number of aromatic nitrogens is 2. The number of amides is 2. The molecule has 0 saturated carbocycles. The number of hydrogen-bond donors (Lipinski definition) is 0. The van der Waals surface area contributed by atoms with Crippen molar-refractivity contribution >= 4 is 36.4 Å². The van der Waals surface area contributed by atoms with Crippen LogP contribution in [0.5, 0.6) is 23.0 Å². The van der Waals surface area contributed by atoms with E-state index in [1.54, 1.807) is 102 Å². The smallest absolute Gasteiger partial charge is 0.872 e. The number of para-hydroxylation sites is 4. The van der Waals surface area contributed by atoms with Gasteiger partial charge in [0.15, 0.2) is 0 Å². The van der Waals surface area contributed by atoms with E-state index in [1.807, 2.05) is 48.5 Å². The Labute approximate surface area is 419 Å². The van der Waals surface area contributed by atoms with Crippen molar-refractivity contribution in [2.75, 3.05) is 41.4 Å². The largest absolute Gasteiger partial charge is 2.00 e. The first-order valence-electron chi connectivity index (χ1n) is 18.7. The Bertz CT molecular complexity index is 2050. The van der Waals surface area contributed by atoms with Gasteiger partial charge in [0.05, 0.1) is 0 Å². The van der Waals surface area contributed by atoms with Gasteiger partial charge in [-0.15, -0.1) is 11.5 Å². The number of nitrogens with zero attached hydrogens (tertiary/aromatic N) is 8. The average Bonchev–Trinajstić information content (AvgIpc) is 3.34. The molecular formula is C46H46N8Ni3O10. The first-order valence-corrected chi connectivity index (χ1v) is 18.7. The fourth-order valence-corrected chi connectivity index (χ4v) is 3.60. The summed E-state index contributed by atoms with van der Waals surface area (Å²) in [6, 6.07) is 40.0. The van der Waals surface area contributed by atoms with Crippen molar-refractivity contribution in [1.82, 2.24) is 19.8 Å². The summed E-state index contributed by atoms with van der Waals surface area (Å²) in [7, 11) is 6.75. The van der Waals surface area contributed by atoms with Crippen LogP contribution in [0.2, 0.25) is 0 Å². The summed E-state index contributed by atoms with van der Waals surface area (Å²) < 4.78 is 10.3. The molecule has 0 spiro atoms. The summed E-state index contributed by atoms with van der Waals surface area (Å²) in [5.41, 5.74) is -0.254. The maximum absolute atomic E-state index is 11.6. The number of pyridine rings is 2. The van der Waals surface area contributed by atoms with E-state index in [-0.39, 0.29) is 73.8 Å². The van der Waals surface area contributed by atoms with E-state index in [4.69, 9.17) is 9.47 Å². The van der Waals surface area contributed by atoms with Crippen molar-refractivity contribution < 1.29 is 99.2 Å². The number of hydrogen-bond acceptors (Lipinski definition) is 16. The van der Waals surface area contributed by atoms with Crippen LogP contribution in [0.3, 0.4) is 0 Å². The molecule has 0 aliphatic heterocycles. The van der Waals surface area contributed by atoms with Crippen LogP contribution in [0.15, 0.2) is 191 Å². The second-order valence-corrected chi connectivity index (χ2v) is 12.2. The van der Waals surface area contributed by atoms with Crippen molar-refractivity contribution in [2.24, 2.45) is 20.4 Å². The molecule has 21 heteroatoms. The predicted octanol–water partition coefficient (Wildman–Crippen LogP) is 0.804. The number of benzene rings is 4. The number of carbonyl (C=O) groups excluding carboxylic acids is 2. The van der Waals surface area contributed by atoms with E-state index >= 15 is 0 Å². The number of carbonyl (C=O) groups is 2. The summed E-state index contributed by atoms with van der Waals surface area (Å²) in [4.78, 5) is 29.3. The summed E-state index contributed by atoms with van der Waals surface area (Å²) in [5, 5.41) is 81.7. The van der Waals surface area contributed by atoms with Gasteiger partial charge in [-0.25, -0.2) is 0 Å². The topological polar surface area (TPSA) is 273 Å². The van der Waals surface area contributed by atoms with E-state index in [9.17, 15) is 40.2 Å². The molecule has 360 valence electrons. The molecule has 4 aromatic carbocycles. The Kier molecular flexibility index (Phi) is 39.5. The molecule has 0 radical (unpaired) electrons. The Hall–Kier alpha value is -7.32. The molecule has 0 atom stereocenters. The zero-order valence-corrected chi connectivity index (χ0v) is 39.3. The minimum absolute atomic E-state index is 0. The van der Waals surface area contributed by atoms with Crippen LogP contribution in [0.4, 0.5) is 0 Å². The summed E-state index contributed by atoms with van der Waals surface area (Å²) >= 11 is 0. The Morgan fingerprint density at radius 3 is 0.970 bits per heavy atom. The van der Waals surface area contributed by atoms with Crippen LogP contribution >= 0.6 is 0 Å². The summed E-state index contributed by atoms with van der Waals surface area (Å²) in [6.07, 6.45) is 8.50. The molecule has 2 aromatic heterocycles. The van der Waals surface area contributed by atoms with Crippen molar-refractivity contribution in [2.45, 2.75) is 0 Å². The first-order chi connectivity index (χ1) is 30.9. The second-order valence-electron chi connectivity index (χ2n) is 12.2. The molecule has 0 bridgehead atoms. The third-order valence-corrected chi connectivity index (χ3v) is 6.51. The monoisotopic (exact) mass is 1040 g/mol. The van der Waals surface area contributed by atoms with Gasteiger partial charge in [-0.1, -0.05) is 97.1 Å². The van der Waals surface area contributed by atoms with E-state index < -0.39 is 35.1 Å². The van der Waals surface area contributed by atoms with Crippen molar-refractivity contribution in [1.29, 1.82) is 0 Å².